The van der Waals surface area contributed by atoms with Gasteiger partial charge in [0.2, 0.25) is 0 Å². The van der Waals surface area contributed by atoms with Gasteiger partial charge in [-0.3, -0.25) is 9.36 Å². The van der Waals surface area contributed by atoms with E-state index in [1.807, 2.05) is 54.6 Å². The number of hydrogen-bond donors (Lipinski definition) is 0. The van der Waals surface area contributed by atoms with Gasteiger partial charge in [0.1, 0.15) is 11.5 Å². The molecule has 0 spiro atoms. The van der Waals surface area contributed by atoms with Gasteiger partial charge in [-0.1, -0.05) is 47.2 Å². The number of halogens is 1. The fraction of sp³-hybridized carbons (Fsp3) is 0.258. The lowest BCUT2D eigenvalue weighted by Gasteiger charge is -2.26. The highest BCUT2D eigenvalue weighted by molar-refractivity contribution is 7.07. The molecule has 0 bridgehead atoms. The van der Waals surface area contributed by atoms with Crippen LogP contribution in [-0.4, -0.2) is 30.2 Å². The predicted octanol–water partition coefficient (Wildman–Crippen LogP) is 5.56. The molecule has 206 valence electrons. The molecule has 0 saturated heterocycles. The van der Waals surface area contributed by atoms with Gasteiger partial charge in [0.15, 0.2) is 4.80 Å². The molecule has 0 N–H and O–H groups in total. The number of esters is 1. The molecule has 0 aliphatic carbocycles. The first-order chi connectivity index (χ1) is 19.3. The Labute approximate surface area is 241 Å². The average Bonchev–Trinajstić information content (AvgIpc) is 3.53. The summed E-state index contributed by atoms with van der Waals surface area (Å²) in [7, 11) is 0. The lowest BCUT2D eigenvalue weighted by Crippen LogP contribution is -2.40. The number of carbonyl (C=O) groups excluding carboxylic acids is 1. The Balaban J connectivity index is 1.61. The highest BCUT2D eigenvalue weighted by Gasteiger charge is 2.33. The van der Waals surface area contributed by atoms with Crippen LogP contribution < -0.4 is 19.8 Å². The minimum atomic E-state index is -0.665. The zero-order chi connectivity index (χ0) is 28.4. The van der Waals surface area contributed by atoms with Crippen LogP contribution in [0.15, 0.2) is 86.1 Å². The number of thiazole rings is 1. The molecule has 1 atom stereocenters. The standard InChI is InChI=1S/C31H30ClN3O4S/c1-5-34(6-2)23-13-11-20(12-14-23)28-27(30(37)38-7-3)19(4)33-31-35(28)29(36)26(40-31)18-24-15-16-25(39-24)21-9-8-10-22(32)17-21/h8-18,28H,5-7H2,1-4H3. The number of benzene rings is 2. The van der Waals surface area contributed by atoms with Crippen molar-refractivity contribution in [1.29, 1.82) is 0 Å². The van der Waals surface area contributed by atoms with E-state index in [1.54, 1.807) is 30.6 Å². The smallest absolute Gasteiger partial charge is 0.338 e. The third-order valence-corrected chi connectivity index (χ3v) is 8.08. The molecule has 7 nitrogen and oxygen atoms in total. The summed E-state index contributed by atoms with van der Waals surface area (Å²) in [6.45, 7) is 9.74. The van der Waals surface area contributed by atoms with Crippen molar-refractivity contribution in [3.8, 4) is 11.3 Å². The largest absolute Gasteiger partial charge is 0.463 e. The number of carbonyl (C=O) groups is 1. The Hall–Kier alpha value is -3.88. The molecule has 1 aliphatic rings. The number of hydrogen-bond acceptors (Lipinski definition) is 7. The van der Waals surface area contributed by atoms with Gasteiger partial charge in [-0.2, -0.15) is 0 Å². The zero-order valence-electron chi connectivity index (χ0n) is 22.8. The first-order valence-corrected chi connectivity index (χ1v) is 14.4. The molecule has 0 fully saturated rings. The number of aromatic nitrogens is 1. The van der Waals surface area contributed by atoms with Gasteiger partial charge in [0.05, 0.1) is 28.5 Å². The quantitative estimate of drug-likeness (QED) is 0.257. The van der Waals surface area contributed by atoms with Crippen LogP contribution in [0.4, 0.5) is 5.69 Å². The molecular formula is C31H30ClN3O4S. The first kappa shape index (κ1) is 27.7. The lowest BCUT2D eigenvalue weighted by molar-refractivity contribution is -0.139. The van der Waals surface area contributed by atoms with Gasteiger partial charge in [0.25, 0.3) is 5.56 Å². The van der Waals surface area contributed by atoms with E-state index in [0.29, 0.717) is 37.1 Å². The molecule has 3 heterocycles. The van der Waals surface area contributed by atoms with E-state index in [1.165, 1.54) is 11.3 Å². The van der Waals surface area contributed by atoms with Crippen LogP contribution in [0, 0.1) is 0 Å². The van der Waals surface area contributed by atoms with E-state index in [2.05, 4.69) is 23.7 Å². The summed E-state index contributed by atoms with van der Waals surface area (Å²) in [4.78, 5) is 34.4. The van der Waals surface area contributed by atoms with Crippen LogP contribution in [-0.2, 0) is 9.53 Å². The molecule has 1 aliphatic heterocycles. The highest BCUT2D eigenvalue weighted by atomic mass is 35.5. The van der Waals surface area contributed by atoms with Gasteiger partial charge >= 0.3 is 5.97 Å². The van der Waals surface area contributed by atoms with Crippen molar-refractivity contribution < 1.29 is 13.9 Å². The Morgan fingerprint density at radius 1 is 1.12 bits per heavy atom. The number of anilines is 1. The molecule has 9 heteroatoms. The van der Waals surface area contributed by atoms with Gasteiger partial charge in [0, 0.05) is 35.4 Å². The number of nitrogens with zero attached hydrogens (tertiary/aromatic N) is 3. The predicted molar refractivity (Wildman–Crippen MR) is 160 cm³/mol. The van der Waals surface area contributed by atoms with Crippen molar-refractivity contribution in [2.75, 3.05) is 24.6 Å². The Morgan fingerprint density at radius 3 is 2.55 bits per heavy atom. The van der Waals surface area contributed by atoms with E-state index in [9.17, 15) is 9.59 Å². The maximum absolute atomic E-state index is 13.9. The monoisotopic (exact) mass is 575 g/mol. The van der Waals surface area contributed by atoms with Crippen LogP contribution >= 0.6 is 22.9 Å². The van der Waals surface area contributed by atoms with Crippen LogP contribution in [0.3, 0.4) is 0 Å². The van der Waals surface area contributed by atoms with Crippen LogP contribution in [0.5, 0.6) is 0 Å². The molecule has 5 rings (SSSR count). The number of allylic oxidation sites excluding steroid dienone is 1. The molecule has 0 radical (unpaired) electrons. The van der Waals surface area contributed by atoms with Crippen molar-refractivity contribution in [2.45, 2.75) is 33.7 Å². The molecule has 0 amide bonds. The third kappa shape index (κ3) is 5.29. The topological polar surface area (TPSA) is 77.0 Å². The maximum atomic E-state index is 13.9. The summed E-state index contributed by atoms with van der Waals surface area (Å²) < 4.78 is 13.5. The number of rotatable bonds is 8. The van der Waals surface area contributed by atoms with Crippen molar-refractivity contribution in [2.24, 2.45) is 4.99 Å². The third-order valence-electron chi connectivity index (χ3n) is 6.86. The Bertz CT molecular complexity index is 1760. The summed E-state index contributed by atoms with van der Waals surface area (Å²) >= 11 is 7.40. The normalized spacial score (nSPS) is 15.1. The van der Waals surface area contributed by atoms with E-state index in [-0.39, 0.29) is 12.2 Å². The molecule has 2 aromatic heterocycles. The van der Waals surface area contributed by atoms with Crippen LogP contribution in [0.25, 0.3) is 17.4 Å². The van der Waals surface area contributed by atoms with Crippen molar-refractivity contribution in [3.05, 3.63) is 108 Å². The number of ether oxygens (including phenoxy) is 1. The minimum Gasteiger partial charge on any atom is -0.463 e. The first-order valence-electron chi connectivity index (χ1n) is 13.2. The molecule has 1 unspecified atom stereocenters. The summed E-state index contributed by atoms with van der Waals surface area (Å²) in [6.07, 6.45) is 1.71. The van der Waals surface area contributed by atoms with Crippen molar-refractivity contribution in [3.63, 3.8) is 0 Å². The van der Waals surface area contributed by atoms with E-state index >= 15 is 0 Å². The number of fused-ring (bicyclic) bond motifs is 1. The molecule has 4 aromatic rings. The van der Waals surface area contributed by atoms with E-state index < -0.39 is 12.0 Å². The van der Waals surface area contributed by atoms with Crippen molar-refractivity contribution >= 4 is 40.7 Å². The fourth-order valence-corrected chi connectivity index (χ4v) is 6.14. The summed E-state index contributed by atoms with van der Waals surface area (Å²) in [5.74, 6) is 0.697. The minimum absolute atomic E-state index is 0.223. The van der Waals surface area contributed by atoms with Crippen LogP contribution in [0.1, 0.15) is 45.1 Å². The molecule has 40 heavy (non-hydrogen) atoms. The van der Waals surface area contributed by atoms with Gasteiger partial charge in [-0.05, 0) is 69.7 Å². The molecule has 0 saturated carbocycles. The second-order valence-electron chi connectivity index (χ2n) is 9.28. The van der Waals surface area contributed by atoms with E-state index in [0.717, 1.165) is 29.9 Å². The molecular weight excluding hydrogens is 546 g/mol. The van der Waals surface area contributed by atoms with Gasteiger partial charge in [-0.15, -0.1) is 0 Å². The van der Waals surface area contributed by atoms with Crippen LogP contribution in [0.2, 0.25) is 5.02 Å². The lowest BCUT2D eigenvalue weighted by atomic mass is 9.95. The SMILES string of the molecule is CCOC(=O)C1=C(C)N=c2sc(=Cc3ccc(-c4cccc(Cl)c4)o3)c(=O)n2C1c1ccc(N(CC)CC)cc1. The van der Waals surface area contributed by atoms with Crippen molar-refractivity contribution in [1.82, 2.24) is 4.57 Å². The van der Waals surface area contributed by atoms with Gasteiger partial charge < -0.3 is 14.1 Å². The Kier molecular flexibility index (Phi) is 8.09. The fourth-order valence-electron chi connectivity index (χ4n) is 4.92. The maximum Gasteiger partial charge on any atom is 0.338 e. The summed E-state index contributed by atoms with van der Waals surface area (Å²) in [5.41, 5.74) is 3.37. The summed E-state index contributed by atoms with van der Waals surface area (Å²) in [6, 6.07) is 18.4. The average molecular weight is 576 g/mol. The zero-order valence-corrected chi connectivity index (χ0v) is 24.4. The molecule has 2 aromatic carbocycles. The number of furan rings is 1. The highest BCUT2D eigenvalue weighted by Crippen LogP contribution is 2.32. The van der Waals surface area contributed by atoms with E-state index in [4.69, 9.17) is 20.8 Å². The summed E-state index contributed by atoms with van der Waals surface area (Å²) in [5, 5.41) is 0.613. The second-order valence-corrected chi connectivity index (χ2v) is 10.7. The van der Waals surface area contributed by atoms with Gasteiger partial charge in [-0.25, -0.2) is 9.79 Å². The second kappa shape index (κ2) is 11.7. The Morgan fingerprint density at radius 2 is 1.88 bits per heavy atom.